The number of hydrogen-bond donors (Lipinski definition) is 0. The Morgan fingerprint density at radius 2 is 1.58 bits per heavy atom. The Balaban J connectivity index is 3.85. The van der Waals surface area contributed by atoms with E-state index in [0.29, 0.717) is 0 Å². The van der Waals surface area contributed by atoms with Gasteiger partial charge in [0.2, 0.25) is 5.92 Å². The van der Waals surface area contributed by atoms with Gasteiger partial charge in [-0.15, -0.1) is 0 Å². The van der Waals surface area contributed by atoms with Crippen molar-refractivity contribution in [2.45, 2.75) is 52.9 Å². The zero-order valence-corrected chi connectivity index (χ0v) is 8.53. The van der Waals surface area contributed by atoms with E-state index in [1.54, 1.807) is 0 Å². The minimum absolute atomic E-state index is 0.0251. The van der Waals surface area contributed by atoms with Gasteiger partial charge in [-0.1, -0.05) is 34.1 Å². The van der Waals surface area contributed by atoms with Crippen molar-refractivity contribution in [1.29, 1.82) is 0 Å². The molecule has 0 radical (unpaired) electrons. The first-order valence-electron chi connectivity index (χ1n) is 4.75. The molecule has 0 saturated carbocycles. The highest BCUT2D eigenvalue weighted by atomic mass is 19.3. The van der Waals surface area contributed by atoms with Crippen LogP contribution in [-0.4, -0.2) is 5.92 Å². The molecule has 0 aliphatic rings. The summed E-state index contributed by atoms with van der Waals surface area (Å²) in [7, 11) is 0. The van der Waals surface area contributed by atoms with Crippen LogP contribution >= 0.6 is 0 Å². The van der Waals surface area contributed by atoms with Crippen LogP contribution in [0.2, 0.25) is 0 Å². The average molecular weight is 178 g/mol. The molecular weight excluding hydrogens is 158 g/mol. The van der Waals surface area contributed by atoms with Crippen LogP contribution in [0.15, 0.2) is 0 Å². The van der Waals surface area contributed by atoms with Crippen molar-refractivity contribution < 1.29 is 8.78 Å². The molecular formula is C10H20F2. The van der Waals surface area contributed by atoms with E-state index in [-0.39, 0.29) is 24.7 Å². The predicted octanol–water partition coefficient (Wildman–Crippen LogP) is 4.10. The molecule has 0 spiro atoms. The largest absolute Gasteiger partial charge is 0.248 e. The third-order valence-corrected chi connectivity index (χ3v) is 2.05. The summed E-state index contributed by atoms with van der Waals surface area (Å²) in [4.78, 5) is 0. The lowest BCUT2D eigenvalue weighted by Gasteiger charge is -2.21. The van der Waals surface area contributed by atoms with E-state index in [4.69, 9.17) is 0 Å². The van der Waals surface area contributed by atoms with Crippen LogP contribution in [0.25, 0.3) is 0 Å². The van der Waals surface area contributed by atoms with E-state index in [2.05, 4.69) is 0 Å². The molecule has 0 bridgehead atoms. The number of rotatable bonds is 5. The fraction of sp³-hybridized carbons (Fsp3) is 1.00. The molecule has 74 valence electrons. The van der Waals surface area contributed by atoms with Gasteiger partial charge in [-0.2, -0.15) is 0 Å². The van der Waals surface area contributed by atoms with Crippen molar-refractivity contribution >= 4 is 0 Å². The van der Waals surface area contributed by atoms with Crippen LogP contribution in [0.5, 0.6) is 0 Å². The molecule has 0 N–H and O–H groups in total. The lowest BCUT2D eigenvalue weighted by Crippen LogP contribution is -2.21. The molecule has 0 aromatic carbocycles. The highest BCUT2D eigenvalue weighted by molar-refractivity contribution is 4.70. The van der Waals surface area contributed by atoms with Crippen LogP contribution < -0.4 is 0 Å². The second-order valence-electron chi connectivity index (χ2n) is 4.17. The van der Waals surface area contributed by atoms with Crippen LogP contribution in [-0.2, 0) is 0 Å². The zero-order chi connectivity index (χ0) is 9.78. The predicted molar refractivity (Wildman–Crippen MR) is 48.5 cm³/mol. The van der Waals surface area contributed by atoms with Crippen LogP contribution in [0, 0.1) is 11.8 Å². The van der Waals surface area contributed by atoms with Crippen molar-refractivity contribution in [3.8, 4) is 0 Å². The third kappa shape index (κ3) is 5.50. The molecule has 0 aliphatic carbocycles. The first-order valence-corrected chi connectivity index (χ1v) is 4.75. The molecule has 0 amide bonds. The first kappa shape index (κ1) is 11.9. The molecule has 12 heavy (non-hydrogen) atoms. The van der Waals surface area contributed by atoms with Gasteiger partial charge in [0.15, 0.2) is 0 Å². The standard InChI is InChI=1S/C10H20F2/c1-5-9(4)7-10(11,12)6-8(2)3/h8-9H,5-7H2,1-4H3. The Bertz CT molecular complexity index is 119. The summed E-state index contributed by atoms with van der Waals surface area (Å²) < 4.78 is 26.2. The van der Waals surface area contributed by atoms with E-state index < -0.39 is 5.92 Å². The molecule has 1 unspecified atom stereocenters. The maximum atomic E-state index is 13.1. The van der Waals surface area contributed by atoms with E-state index >= 15 is 0 Å². The summed E-state index contributed by atoms with van der Waals surface area (Å²) in [6.07, 6.45) is 0.909. The Morgan fingerprint density at radius 3 is 1.92 bits per heavy atom. The fourth-order valence-corrected chi connectivity index (χ4v) is 1.33. The van der Waals surface area contributed by atoms with Crippen molar-refractivity contribution in [3.63, 3.8) is 0 Å². The summed E-state index contributed by atoms with van der Waals surface area (Å²) >= 11 is 0. The minimum atomic E-state index is -2.45. The summed E-state index contributed by atoms with van der Waals surface area (Å²) in [5, 5.41) is 0. The number of halogens is 2. The molecule has 0 aromatic heterocycles. The Labute approximate surface area is 74.4 Å². The maximum Gasteiger partial charge on any atom is 0.248 e. The van der Waals surface area contributed by atoms with Crippen LogP contribution in [0.4, 0.5) is 8.78 Å². The van der Waals surface area contributed by atoms with E-state index in [0.717, 1.165) is 6.42 Å². The van der Waals surface area contributed by atoms with Gasteiger partial charge in [0.05, 0.1) is 0 Å². The number of alkyl halides is 2. The molecule has 0 saturated heterocycles. The monoisotopic (exact) mass is 178 g/mol. The summed E-state index contributed by atoms with van der Waals surface area (Å²) in [5.41, 5.74) is 0. The highest BCUT2D eigenvalue weighted by Crippen LogP contribution is 2.31. The first-order chi connectivity index (χ1) is 5.37. The lowest BCUT2D eigenvalue weighted by atomic mass is 9.94. The van der Waals surface area contributed by atoms with Gasteiger partial charge in [0, 0.05) is 12.8 Å². The highest BCUT2D eigenvalue weighted by Gasteiger charge is 2.31. The van der Waals surface area contributed by atoms with Gasteiger partial charge in [0.25, 0.3) is 0 Å². The normalized spacial score (nSPS) is 15.2. The molecule has 0 aromatic rings. The van der Waals surface area contributed by atoms with Crippen molar-refractivity contribution in [1.82, 2.24) is 0 Å². The molecule has 0 fully saturated rings. The van der Waals surface area contributed by atoms with Gasteiger partial charge in [-0.05, 0) is 11.8 Å². The van der Waals surface area contributed by atoms with Crippen molar-refractivity contribution in [3.05, 3.63) is 0 Å². The SMILES string of the molecule is CCC(C)CC(F)(F)CC(C)C. The smallest absolute Gasteiger partial charge is 0.207 e. The second kappa shape index (κ2) is 4.78. The van der Waals surface area contributed by atoms with E-state index in [1.807, 2.05) is 27.7 Å². The third-order valence-electron chi connectivity index (χ3n) is 2.05. The van der Waals surface area contributed by atoms with Crippen molar-refractivity contribution in [2.75, 3.05) is 0 Å². The summed E-state index contributed by atoms with van der Waals surface area (Å²) in [6.45, 7) is 7.51. The van der Waals surface area contributed by atoms with Crippen molar-refractivity contribution in [2.24, 2.45) is 11.8 Å². The van der Waals surface area contributed by atoms with Gasteiger partial charge in [-0.25, -0.2) is 8.78 Å². The van der Waals surface area contributed by atoms with Crippen LogP contribution in [0.3, 0.4) is 0 Å². The summed E-state index contributed by atoms with van der Waals surface area (Å²) in [5.74, 6) is -2.23. The molecule has 0 heterocycles. The maximum absolute atomic E-state index is 13.1. The number of hydrogen-bond acceptors (Lipinski definition) is 0. The van der Waals surface area contributed by atoms with E-state index in [1.165, 1.54) is 0 Å². The second-order valence-corrected chi connectivity index (χ2v) is 4.17. The minimum Gasteiger partial charge on any atom is -0.207 e. The van der Waals surface area contributed by atoms with Gasteiger partial charge >= 0.3 is 0 Å². The molecule has 0 aliphatic heterocycles. The molecule has 0 nitrogen and oxygen atoms in total. The van der Waals surface area contributed by atoms with Gasteiger partial charge in [-0.3, -0.25) is 0 Å². The summed E-state index contributed by atoms with van der Waals surface area (Å²) in [6, 6.07) is 0. The molecule has 0 rings (SSSR count). The molecule has 2 heteroatoms. The van der Waals surface area contributed by atoms with Gasteiger partial charge in [0.1, 0.15) is 0 Å². The van der Waals surface area contributed by atoms with E-state index in [9.17, 15) is 8.78 Å². The Morgan fingerprint density at radius 1 is 1.08 bits per heavy atom. The fourth-order valence-electron chi connectivity index (χ4n) is 1.33. The topological polar surface area (TPSA) is 0 Å². The Hall–Kier alpha value is -0.140. The average Bonchev–Trinajstić information content (AvgIpc) is 1.83. The van der Waals surface area contributed by atoms with Gasteiger partial charge < -0.3 is 0 Å². The molecule has 1 atom stereocenters. The lowest BCUT2D eigenvalue weighted by molar-refractivity contribution is -0.0394. The quantitative estimate of drug-likeness (QED) is 0.594. The Kier molecular flexibility index (Phi) is 4.73. The van der Waals surface area contributed by atoms with Crippen LogP contribution in [0.1, 0.15) is 47.0 Å². The zero-order valence-electron chi connectivity index (χ0n) is 8.53.